The van der Waals surface area contributed by atoms with Crippen LogP contribution in [-0.2, 0) is 6.54 Å². The predicted molar refractivity (Wildman–Crippen MR) is 50.1 cm³/mol. The van der Waals surface area contributed by atoms with Crippen molar-refractivity contribution in [2.24, 2.45) is 0 Å². The van der Waals surface area contributed by atoms with Crippen molar-refractivity contribution in [1.82, 2.24) is 9.55 Å². The van der Waals surface area contributed by atoms with Gasteiger partial charge in [-0.25, -0.2) is 9.37 Å². The smallest absolute Gasteiger partial charge is 0.143 e. The van der Waals surface area contributed by atoms with Crippen LogP contribution >= 0.6 is 0 Å². The summed E-state index contributed by atoms with van der Waals surface area (Å²) in [6.07, 6.45) is 1.64. The summed E-state index contributed by atoms with van der Waals surface area (Å²) in [5.74, 6) is -0.491. The molecule has 0 radical (unpaired) electrons. The maximum absolute atomic E-state index is 13.3. The number of aromatic nitrogens is 2. The first-order chi connectivity index (χ1) is 6.76. The van der Waals surface area contributed by atoms with E-state index in [0.717, 1.165) is 12.1 Å². The van der Waals surface area contributed by atoms with Crippen LogP contribution < -0.4 is 0 Å². The monoisotopic (exact) mass is 189 g/mol. The van der Waals surface area contributed by atoms with E-state index in [1.165, 1.54) is 12.1 Å². The molecule has 4 heteroatoms. The van der Waals surface area contributed by atoms with E-state index in [0.29, 0.717) is 5.52 Å². The molecular formula is C10H8FN3. The summed E-state index contributed by atoms with van der Waals surface area (Å²) in [6.45, 7) is 2.69. The third-order valence-electron chi connectivity index (χ3n) is 2.17. The second kappa shape index (κ2) is 3.11. The molecule has 0 atom stereocenters. The van der Waals surface area contributed by atoms with Crippen LogP contribution in [0.5, 0.6) is 0 Å². The minimum Gasteiger partial charge on any atom is -0.331 e. The van der Waals surface area contributed by atoms with Gasteiger partial charge in [0.05, 0.1) is 22.9 Å². The fraction of sp³-hybridized carbons (Fsp3) is 0.200. The van der Waals surface area contributed by atoms with Crippen molar-refractivity contribution in [3.05, 3.63) is 29.8 Å². The summed E-state index contributed by atoms with van der Waals surface area (Å²) in [4.78, 5) is 4.08. The highest BCUT2D eigenvalue weighted by atomic mass is 19.1. The van der Waals surface area contributed by atoms with E-state index < -0.39 is 5.82 Å². The van der Waals surface area contributed by atoms with Gasteiger partial charge in [0.1, 0.15) is 11.9 Å². The summed E-state index contributed by atoms with van der Waals surface area (Å²) in [5.41, 5.74) is 1.42. The zero-order chi connectivity index (χ0) is 10.1. The Balaban J connectivity index is 2.77. The summed E-state index contributed by atoms with van der Waals surface area (Å²) in [6, 6.07) is 4.61. The molecule has 0 N–H and O–H groups in total. The van der Waals surface area contributed by atoms with Gasteiger partial charge >= 0.3 is 0 Å². The van der Waals surface area contributed by atoms with Crippen molar-refractivity contribution in [2.45, 2.75) is 13.5 Å². The zero-order valence-electron chi connectivity index (χ0n) is 7.66. The number of hydrogen-bond donors (Lipinski definition) is 0. The van der Waals surface area contributed by atoms with Crippen molar-refractivity contribution in [3.8, 4) is 6.07 Å². The number of imidazole rings is 1. The Hall–Kier alpha value is -1.89. The maximum atomic E-state index is 13.3. The molecule has 2 rings (SSSR count). The van der Waals surface area contributed by atoms with Crippen LogP contribution in [0.4, 0.5) is 4.39 Å². The molecule has 3 nitrogen and oxygen atoms in total. The van der Waals surface area contributed by atoms with Gasteiger partial charge < -0.3 is 4.57 Å². The Kier molecular flexibility index (Phi) is 1.93. The predicted octanol–water partition coefficient (Wildman–Crippen LogP) is 2.07. The van der Waals surface area contributed by atoms with Crippen LogP contribution in [-0.4, -0.2) is 9.55 Å². The number of fused-ring (bicyclic) bond motifs is 1. The van der Waals surface area contributed by atoms with Gasteiger partial charge in [-0.2, -0.15) is 5.26 Å². The average Bonchev–Trinajstić information content (AvgIpc) is 2.58. The topological polar surface area (TPSA) is 41.6 Å². The lowest BCUT2D eigenvalue weighted by Crippen LogP contribution is -1.92. The van der Waals surface area contributed by atoms with Gasteiger partial charge in [-0.05, 0) is 13.0 Å². The van der Waals surface area contributed by atoms with Crippen LogP contribution in [0.25, 0.3) is 11.0 Å². The average molecular weight is 189 g/mol. The molecule has 70 valence electrons. The quantitative estimate of drug-likeness (QED) is 0.689. The highest BCUT2D eigenvalue weighted by Gasteiger charge is 2.07. The first-order valence-electron chi connectivity index (χ1n) is 4.30. The lowest BCUT2D eigenvalue weighted by molar-refractivity contribution is 0.624. The summed E-state index contributed by atoms with van der Waals surface area (Å²) < 4.78 is 15.1. The maximum Gasteiger partial charge on any atom is 0.143 e. The van der Waals surface area contributed by atoms with Gasteiger partial charge in [-0.1, -0.05) is 0 Å². The number of aryl methyl sites for hydroxylation is 1. The number of halogens is 1. The molecule has 0 saturated heterocycles. The number of hydrogen-bond acceptors (Lipinski definition) is 2. The zero-order valence-corrected chi connectivity index (χ0v) is 7.66. The van der Waals surface area contributed by atoms with E-state index in [1.807, 2.05) is 11.5 Å². The molecule has 2 aromatic rings. The van der Waals surface area contributed by atoms with E-state index in [-0.39, 0.29) is 5.56 Å². The Morgan fingerprint density at radius 1 is 1.57 bits per heavy atom. The van der Waals surface area contributed by atoms with E-state index >= 15 is 0 Å². The van der Waals surface area contributed by atoms with E-state index in [9.17, 15) is 4.39 Å². The van der Waals surface area contributed by atoms with Crippen molar-refractivity contribution < 1.29 is 4.39 Å². The lowest BCUT2D eigenvalue weighted by atomic mass is 10.2. The van der Waals surface area contributed by atoms with Gasteiger partial charge in [0, 0.05) is 12.6 Å². The second-order valence-electron chi connectivity index (χ2n) is 2.96. The molecular weight excluding hydrogens is 181 g/mol. The number of nitriles is 1. The van der Waals surface area contributed by atoms with Crippen LogP contribution in [0.15, 0.2) is 18.5 Å². The normalized spacial score (nSPS) is 10.4. The van der Waals surface area contributed by atoms with Gasteiger partial charge in [-0.15, -0.1) is 0 Å². The van der Waals surface area contributed by atoms with E-state index in [2.05, 4.69) is 4.98 Å². The molecule has 0 fully saturated rings. The van der Waals surface area contributed by atoms with E-state index in [4.69, 9.17) is 5.26 Å². The minimum absolute atomic E-state index is 0.0406. The minimum atomic E-state index is -0.491. The first-order valence-corrected chi connectivity index (χ1v) is 4.30. The summed E-state index contributed by atoms with van der Waals surface area (Å²) in [5, 5.41) is 8.62. The Morgan fingerprint density at radius 2 is 2.36 bits per heavy atom. The molecule has 1 aromatic carbocycles. The molecule has 0 unspecified atom stereocenters. The van der Waals surface area contributed by atoms with Crippen LogP contribution in [0.3, 0.4) is 0 Å². The second-order valence-corrected chi connectivity index (χ2v) is 2.96. The van der Waals surface area contributed by atoms with Crippen molar-refractivity contribution >= 4 is 11.0 Å². The highest BCUT2D eigenvalue weighted by Crippen LogP contribution is 2.17. The third kappa shape index (κ3) is 1.14. The molecule has 0 aliphatic rings. The molecule has 0 bridgehead atoms. The molecule has 0 aliphatic heterocycles. The van der Waals surface area contributed by atoms with Crippen molar-refractivity contribution in [3.63, 3.8) is 0 Å². The Morgan fingerprint density at radius 3 is 3.00 bits per heavy atom. The Bertz CT molecular complexity index is 522. The lowest BCUT2D eigenvalue weighted by Gasteiger charge is -1.99. The fourth-order valence-electron chi connectivity index (χ4n) is 1.42. The van der Waals surface area contributed by atoms with Crippen LogP contribution in [0.2, 0.25) is 0 Å². The first kappa shape index (κ1) is 8.70. The van der Waals surface area contributed by atoms with Gasteiger partial charge in [-0.3, -0.25) is 0 Å². The number of nitrogens with zero attached hydrogens (tertiary/aromatic N) is 3. The molecule has 0 aliphatic carbocycles. The van der Waals surface area contributed by atoms with Crippen LogP contribution in [0, 0.1) is 17.1 Å². The third-order valence-corrected chi connectivity index (χ3v) is 2.17. The number of benzene rings is 1. The molecule has 0 saturated carbocycles. The van der Waals surface area contributed by atoms with Crippen molar-refractivity contribution in [1.29, 1.82) is 5.26 Å². The summed E-state index contributed by atoms with van der Waals surface area (Å²) >= 11 is 0. The summed E-state index contributed by atoms with van der Waals surface area (Å²) in [7, 11) is 0. The molecule has 1 aromatic heterocycles. The molecule has 14 heavy (non-hydrogen) atoms. The van der Waals surface area contributed by atoms with Gasteiger partial charge in [0.2, 0.25) is 0 Å². The van der Waals surface area contributed by atoms with Crippen molar-refractivity contribution in [2.75, 3.05) is 0 Å². The SMILES string of the molecule is CCn1cnc2cc(C#N)c(F)cc21. The van der Waals surface area contributed by atoms with Gasteiger partial charge in [0.25, 0.3) is 0 Å². The fourth-order valence-corrected chi connectivity index (χ4v) is 1.42. The highest BCUT2D eigenvalue weighted by molar-refractivity contribution is 5.77. The molecule has 0 amide bonds. The number of rotatable bonds is 1. The van der Waals surface area contributed by atoms with E-state index in [1.54, 1.807) is 12.4 Å². The van der Waals surface area contributed by atoms with Crippen LogP contribution in [0.1, 0.15) is 12.5 Å². The largest absolute Gasteiger partial charge is 0.331 e. The molecule has 0 spiro atoms. The Labute approximate surface area is 80.4 Å². The molecule has 1 heterocycles. The standard InChI is InChI=1S/C10H8FN3/c1-2-14-6-13-9-3-7(5-12)8(11)4-10(9)14/h3-4,6H,2H2,1H3. The van der Waals surface area contributed by atoms with Gasteiger partial charge in [0.15, 0.2) is 0 Å².